The number of carbonyl (C=O) groups excluding carboxylic acids is 1. The molecule has 1 aromatic carbocycles. The minimum atomic E-state index is -2.95. The molecule has 0 bridgehead atoms. The van der Waals surface area contributed by atoms with Crippen LogP contribution >= 0.6 is 0 Å². The van der Waals surface area contributed by atoms with Crippen LogP contribution in [0.2, 0.25) is 0 Å². The summed E-state index contributed by atoms with van der Waals surface area (Å²) in [6.07, 6.45) is 7.79. The van der Waals surface area contributed by atoms with Crippen molar-refractivity contribution in [2.45, 2.75) is 64.3 Å². The van der Waals surface area contributed by atoms with E-state index < -0.39 is 9.84 Å². The van der Waals surface area contributed by atoms with Gasteiger partial charge in [-0.2, -0.15) is 0 Å². The Morgan fingerprint density at radius 3 is 2.64 bits per heavy atom. The van der Waals surface area contributed by atoms with E-state index in [-0.39, 0.29) is 23.5 Å². The van der Waals surface area contributed by atoms with Crippen molar-refractivity contribution >= 4 is 15.7 Å². The van der Waals surface area contributed by atoms with Crippen LogP contribution < -0.4 is 0 Å². The van der Waals surface area contributed by atoms with Gasteiger partial charge in [0.25, 0.3) is 0 Å². The van der Waals surface area contributed by atoms with Crippen LogP contribution in [-0.2, 0) is 33.9 Å². The maximum absolute atomic E-state index is 12.5. The zero-order valence-corrected chi connectivity index (χ0v) is 16.0. The predicted molar refractivity (Wildman–Crippen MR) is 100 cm³/mol. The fourth-order valence-corrected chi connectivity index (χ4v) is 5.92. The number of nitrogens with zero attached hydrogens (tertiary/aromatic N) is 1. The second-order valence-corrected chi connectivity index (χ2v) is 9.63. The molecule has 4 nitrogen and oxygen atoms in total. The highest BCUT2D eigenvalue weighted by molar-refractivity contribution is 7.91. The number of benzene rings is 1. The van der Waals surface area contributed by atoms with Gasteiger partial charge < -0.3 is 4.90 Å². The topological polar surface area (TPSA) is 54.5 Å². The summed E-state index contributed by atoms with van der Waals surface area (Å²) in [6.45, 7) is 2.53. The normalized spacial score (nSPS) is 21.7. The second kappa shape index (κ2) is 7.90. The summed E-state index contributed by atoms with van der Waals surface area (Å²) < 4.78 is 23.3. The largest absolute Gasteiger partial charge is 0.339 e. The molecule has 0 radical (unpaired) electrons. The number of aryl methyl sites for hydroxylation is 3. The molecule has 2 aliphatic rings. The van der Waals surface area contributed by atoms with E-state index in [1.807, 2.05) is 6.92 Å². The summed E-state index contributed by atoms with van der Waals surface area (Å²) in [5, 5.41) is 0. The molecule has 1 aliphatic carbocycles. The van der Waals surface area contributed by atoms with E-state index in [1.54, 1.807) is 4.90 Å². The Bertz CT molecular complexity index is 726. The molecule has 1 atom stereocenters. The molecule has 1 fully saturated rings. The summed E-state index contributed by atoms with van der Waals surface area (Å²) in [5.74, 6) is 0.455. The minimum Gasteiger partial charge on any atom is -0.339 e. The lowest BCUT2D eigenvalue weighted by atomic mass is 9.89. The first-order chi connectivity index (χ1) is 12.0. The van der Waals surface area contributed by atoms with Crippen molar-refractivity contribution in [2.24, 2.45) is 0 Å². The molecular weight excluding hydrogens is 334 g/mol. The van der Waals surface area contributed by atoms with Gasteiger partial charge in [0, 0.05) is 19.0 Å². The fourth-order valence-electron chi connectivity index (χ4n) is 4.19. The van der Waals surface area contributed by atoms with E-state index in [0.29, 0.717) is 19.4 Å². The third kappa shape index (κ3) is 4.63. The molecule has 1 aliphatic heterocycles. The molecule has 1 aromatic rings. The third-order valence-electron chi connectivity index (χ3n) is 5.58. The van der Waals surface area contributed by atoms with Gasteiger partial charge in [-0.25, -0.2) is 8.42 Å². The van der Waals surface area contributed by atoms with Gasteiger partial charge >= 0.3 is 0 Å². The first-order valence-corrected chi connectivity index (χ1v) is 11.4. The first-order valence-electron chi connectivity index (χ1n) is 9.59. The van der Waals surface area contributed by atoms with Crippen LogP contribution in [0.5, 0.6) is 0 Å². The number of hydrogen-bond acceptors (Lipinski definition) is 3. The van der Waals surface area contributed by atoms with Crippen molar-refractivity contribution in [3.63, 3.8) is 0 Å². The summed E-state index contributed by atoms with van der Waals surface area (Å²) >= 11 is 0. The molecule has 1 unspecified atom stereocenters. The molecule has 0 aromatic heterocycles. The highest BCUT2D eigenvalue weighted by Gasteiger charge is 2.33. The first kappa shape index (κ1) is 18.4. The van der Waals surface area contributed by atoms with Crippen molar-refractivity contribution in [3.8, 4) is 0 Å². The van der Waals surface area contributed by atoms with Gasteiger partial charge in [-0.15, -0.1) is 0 Å². The number of hydrogen-bond donors (Lipinski definition) is 0. The Morgan fingerprint density at radius 2 is 1.96 bits per heavy atom. The van der Waals surface area contributed by atoms with Crippen LogP contribution in [0, 0.1) is 0 Å². The van der Waals surface area contributed by atoms with Crippen LogP contribution in [-0.4, -0.2) is 43.3 Å². The molecule has 5 heteroatoms. The maximum atomic E-state index is 12.5. The smallest absolute Gasteiger partial charge is 0.222 e. The number of carbonyl (C=O) groups is 1. The second-order valence-electron chi connectivity index (χ2n) is 7.40. The number of amides is 1. The highest BCUT2D eigenvalue weighted by Crippen LogP contribution is 2.23. The summed E-state index contributed by atoms with van der Waals surface area (Å²) in [5.41, 5.74) is 4.30. The van der Waals surface area contributed by atoms with E-state index >= 15 is 0 Å². The SMILES string of the molecule is CCN(C(=O)CCCc1ccc2c(c1)CCCC2)C1CCS(=O)(=O)C1. The van der Waals surface area contributed by atoms with Crippen molar-refractivity contribution in [1.29, 1.82) is 0 Å². The van der Waals surface area contributed by atoms with Crippen molar-refractivity contribution in [3.05, 3.63) is 34.9 Å². The monoisotopic (exact) mass is 363 g/mol. The summed E-state index contributed by atoms with van der Waals surface area (Å²) in [6, 6.07) is 6.66. The summed E-state index contributed by atoms with van der Waals surface area (Å²) in [7, 11) is -2.95. The van der Waals surface area contributed by atoms with Crippen LogP contribution in [0.15, 0.2) is 18.2 Å². The van der Waals surface area contributed by atoms with Gasteiger partial charge in [0.2, 0.25) is 5.91 Å². The van der Waals surface area contributed by atoms with E-state index in [4.69, 9.17) is 0 Å². The maximum Gasteiger partial charge on any atom is 0.222 e. The molecule has 1 heterocycles. The fraction of sp³-hybridized carbons (Fsp3) is 0.650. The van der Waals surface area contributed by atoms with Crippen LogP contribution in [0.4, 0.5) is 0 Å². The molecule has 3 rings (SSSR count). The molecule has 0 saturated carbocycles. The lowest BCUT2D eigenvalue weighted by Crippen LogP contribution is -2.40. The van der Waals surface area contributed by atoms with E-state index in [1.165, 1.54) is 42.4 Å². The number of fused-ring (bicyclic) bond motifs is 1. The Balaban J connectivity index is 1.51. The molecule has 0 spiro atoms. The van der Waals surface area contributed by atoms with E-state index in [2.05, 4.69) is 18.2 Å². The molecule has 0 N–H and O–H groups in total. The van der Waals surface area contributed by atoms with Gasteiger partial charge in [-0.05, 0) is 68.6 Å². The Labute approximate surface area is 151 Å². The van der Waals surface area contributed by atoms with Gasteiger partial charge in [0.15, 0.2) is 9.84 Å². The van der Waals surface area contributed by atoms with Crippen molar-refractivity contribution in [2.75, 3.05) is 18.1 Å². The van der Waals surface area contributed by atoms with E-state index in [0.717, 1.165) is 12.8 Å². The van der Waals surface area contributed by atoms with Gasteiger partial charge in [-0.1, -0.05) is 18.2 Å². The van der Waals surface area contributed by atoms with Crippen LogP contribution in [0.25, 0.3) is 0 Å². The molecule has 138 valence electrons. The standard InChI is InChI=1S/C20H29NO3S/c1-2-21(19-12-13-25(23,24)15-19)20(22)9-5-6-16-10-11-17-7-3-4-8-18(17)14-16/h10-11,14,19H,2-9,12-13,15H2,1H3. The zero-order valence-electron chi connectivity index (χ0n) is 15.2. The molecule has 1 saturated heterocycles. The Kier molecular flexibility index (Phi) is 5.82. The lowest BCUT2D eigenvalue weighted by Gasteiger charge is -2.27. The lowest BCUT2D eigenvalue weighted by molar-refractivity contribution is -0.132. The predicted octanol–water partition coefficient (Wildman–Crippen LogP) is 2.92. The van der Waals surface area contributed by atoms with Crippen molar-refractivity contribution in [1.82, 2.24) is 4.90 Å². The molecular formula is C20H29NO3S. The quantitative estimate of drug-likeness (QED) is 0.781. The van der Waals surface area contributed by atoms with Crippen LogP contribution in [0.1, 0.15) is 55.7 Å². The Morgan fingerprint density at radius 1 is 1.20 bits per heavy atom. The summed E-state index contributed by atoms with van der Waals surface area (Å²) in [4.78, 5) is 14.3. The molecule has 25 heavy (non-hydrogen) atoms. The Hall–Kier alpha value is -1.36. The van der Waals surface area contributed by atoms with Gasteiger partial charge in [-0.3, -0.25) is 4.79 Å². The van der Waals surface area contributed by atoms with Gasteiger partial charge in [0.05, 0.1) is 11.5 Å². The molecule has 1 amide bonds. The van der Waals surface area contributed by atoms with Crippen molar-refractivity contribution < 1.29 is 13.2 Å². The van der Waals surface area contributed by atoms with Crippen LogP contribution in [0.3, 0.4) is 0 Å². The third-order valence-corrected chi connectivity index (χ3v) is 7.33. The average molecular weight is 364 g/mol. The van der Waals surface area contributed by atoms with E-state index in [9.17, 15) is 13.2 Å². The number of rotatable bonds is 6. The zero-order chi connectivity index (χ0) is 17.9. The minimum absolute atomic E-state index is 0.0996. The number of sulfone groups is 1. The average Bonchev–Trinajstić information content (AvgIpc) is 2.95. The highest BCUT2D eigenvalue weighted by atomic mass is 32.2. The van der Waals surface area contributed by atoms with Gasteiger partial charge in [0.1, 0.15) is 0 Å².